The van der Waals surface area contributed by atoms with Crippen molar-refractivity contribution in [3.8, 4) is 0 Å². The fourth-order valence-corrected chi connectivity index (χ4v) is 4.91. The first-order chi connectivity index (χ1) is 17.1. The molecule has 6 heteroatoms. The summed E-state index contributed by atoms with van der Waals surface area (Å²) in [5.74, 6) is -1.88. The second kappa shape index (κ2) is 11.0. The highest BCUT2D eigenvalue weighted by Crippen LogP contribution is 2.43. The Hall–Kier alpha value is -2.58. The molecule has 0 amide bonds. The summed E-state index contributed by atoms with van der Waals surface area (Å²) >= 11 is 0. The van der Waals surface area contributed by atoms with Crippen LogP contribution in [0.5, 0.6) is 0 Å². The van der Waals surface area contributed by atoms with Crippen molar-refractivity contribution in [1.29, 1.82) is 0 Å². The Bertz CT molecular complexity index is 1050. The molecule has 2 aliphatic heterocycles. The SMILES string of the molecule is O[C@@H]1CC[C@@H]2O[C@@]1(O)[C@H](OCc1ccccc1)[C@@H](OCc1ccccc1)[C@@H]2OCc1ccccc1. The molecule has 6 atom stereocenters. The third-order valence-electron chi connectivity index (χ3n) is 6.78. The number of benzene rings is 3. The van der Waals surface area contributed by atoms with E-state index in [0.717, 1.165) is 16.7 Å². The van der Waals surface area contributed by atoms with E-state index in [1.807, 2.05) is 91.0 Å². The van der Waals surface area contributed by atoms with Crippen LogP contribution in [0, 0.1) is 0 Å². The van der Waals surface area contributed by atoms with Gasteiger partial charge in [-0.05, 0) is 29.5 Å². The van der Waals surface area contributed by atoms with Crippen LogP contribution in [0.2, 0.25) is 0 Å². The zero-order valence-corrected chi connectivity index (χ0v) is 19.6. The van der Waals surface area contributed by atoms with Crippen LogP contribution in [0.1, 0.15) is 29.5 Å². The van der Waals surface area contributed by atoms with Crippen LogP contribution in [0.15, 0.2) is 91.0 Å². The lowest BCUT2D eigenvalue weighted by Gasteiger charge is -2.54. The van der Waals surface area contributed by atoms with Gasteiger partial charge in [0.05, 0.1) is 25.9 Å². The van der Waals surface area contributed by atoms with Crippen molar-refractivity contribution in [2.45, 2.75) is 69.0 Å². The molecule has 0 unspecified atom stereocenters. The Kier molecular flexibility index (Phi) is 7.58. The van der Waals surface area contributed by atoms with Crippen molar-refractivity contribution in [2.75, 3.05) is 0 Å². The highest BCUT2D eigenvalue weighted by Gasteiger charge is 2.61. The van der Waals surface area contributed by atoms with E-state index < -0.39 is 36.3 Å². The van der Waals surface area contributed by atoms with Gasteiger partial charge in [-0.25, -0.2) is 0 Å². The molecule has 2 heterocycles. The van der Waals surface area contributed by atoms with Gasteiger partial charge in [0, 0.05) is 0 Å². The Morgan fingerprint density at radius 2 is 1.11 bits per heavy atom. The van der Waals surface area contributed by atoms with E-state index in [1.165, 1.54) is 0 Å². The van der Waals surface area contributed by atoms with Crippen molar-refractivity contribution in [3.63, 3.8) is 0 Å². The highest BCUT2D eigenvalue weighted by molar-refractivity contribution is 5.16. The number of rotatable bonds is 9. The van der Waals surface area contributed by atoms with Gasteiger partial charge in [0.15, 0.2) is 0 Å². The van der Waals surface area contributed by atoms with Gasteiger partial charge >= 0.3 is 0 Å². The second-order valence-corrected chi connectivity index (χ2v) is 9.24. The molecule has 0 aliphatic carbocycles. The average molecular weight is 477 g/mol. The number of aliphatic hydroxyl groups is 2. The van der Waals surface area contributed by atoms with E-state index in [-0.39, 0.29) is 6.61 Å². The number of fused-ring (bicyclic) bond motifs is 2. The summed E-state index contributed by atoms with van der Waals surface area (Å²) in [5, 5.41) is 22.3. The van der Waals surface area contributed by atoms with Gasteiger partial charge in [-0.2, -0.15) is 0 Å². The summed E-state index contributed by atoms with van der Waals surface area (Å²) in [5.41, 5.74) is 2.99. The molecule has 3 aromatic rings. The molecule has 2 aliphatic rings. The van der Waals surface area contributed by atoms with E-state index in [1.54, 1.807) is 0 Å². The van der Waals surface area contributed by atoms with Gasteiger partial charge in [0.1, 0.15) is 24.4 Å². The van der Waals surface area contributed by atoms with Crippen LogP contribution in [0.25, 0.3) is 0 Å². The lowest BCUT2D eigenvalue weighted by atomic mass is 9.81. The van der Waals surface area contributed by atoms with E-state index in [0.29, 0.717) is 26.1 Å². The van der Waals surface area contributed by atoms with Crippen LogP contribution in [0.3, 0.4) is 0 Å². The van der Waals surface area contributed by atoms with Gasteiger partial charge in [-0.15, -0.1) is 0 Å². The summed E-state index contributed by atoms with van der Waals surface area (Å²) in [4.78, 5) is 0. The van der Waals surface area contributed by atoms with E-state index in [2.05, 4.69) is 0 Å². The maximum atomic E-state index is 11.5. The van der Waals surface area contributed by atoms with Crippen LogP contribution >= 0.6 is 0 Å². The van der Waals surface area contributed by atoms with Crippen molar-refractivity contribution in [1.82, 2.24) is 0 Å². The molecule has 3 aromatic carbocycles. The predicted octanol–water partition coefficient (Wildman–Crippen LogP) is 3.98. The van der Waals surface area contributed by atoms with Crippen molar-refractivity contribution < 1.29 is 29.2 Å². The average Bonchev–Trinajstić information content (AvgIpc) is 2.90. The molecule has 0 spiro atoms. The molecule has 2 bridgehead atoms. The zero-order valence-electron chi connectivity index (χ0n) is 19.6. The van der Waals surface area contributed by atoms with Crippen LogP contribution in [-0.4, -0.2) is 46.5 Å². The first-order valence-electron chi connectivity index (χ1n) is 12.2. The van der Waals surface area contributed by atoms with Crippen LogP contribution in [0.4, 0.5) is 0 Å². The highest BCUT2D eigenvalue weighted by atomic mass is 16.7. The molecule has 2 N–H and O–H groups in total. The molecule has 2 fully saturated rings. The zero-order chi connectivity index (χ0) is 24.1. The smallest absolute Gasteiger partial charge is 0.222 e. The Labute approximate surface area is 206 Å². The number of ether oxygens (including phenoxy) is 4. The summed E-state index contributed by atoms with van der Waals surface area (Å²) in [6.07, 6.45) is -2.64. The normalized spacial score (nSPS) is 30.2. The Balaban J connectivity index is 1.42. The quantitative estimate of drug-likeness (QED) is 0.487. The van der Waals surface area contributed by atoms with E-state index >= 15 is 0 Å². The summed E-state index contributed by atoms with van der Waals surface area (Å²) in [7, 11) is 0. The molecule has 6 nitrogen and oxygen atoms in total. The minimum Gasteiger partial charge on any atom is -0.387 e. The monoisotopic (exact) mass is 476 g/mol. The van der Waals surface area contributed by atoms with Crippen molar-refractivity contribution >= 4 is 0 Å². The maximum absolute atomic E-state index is 11.5. The van der Waals surface area contributed by atoms with Gasteiger partial charge in [-0.1, -0.05) is 91.0 Å². The molecular weight excluding hydrogens is 444 g/mol. The molecule has 0 aromatic heterocycles. The van der Waals surface area contributed by atoms with E-state index in [4.69, 9.17) is 18.9 Å². The maximum Gasteiger partial charge on any atom is 0.222 e. The van der Waals surface area contributed by atoms with Crippen LogP contribution in [-0.2, 0) is 38.8 Å². The molecular formula is C29H32O6. The molecule has 184 valence electrons. The lowest BCUT2D eigenvalue weighted by Crippen LogP contribution is -2.72. The molecule has 2 saturated heterocycles. The van der Waals surface area contributed by atoms with Gasteiger partial charge in [-0.3, -0.25) is 0 Å². The lowest BCUT2D eigenvalue weighted by molar-refractivity contribution is -0.404. The minimum absolute atomic E-state index is 0.241. The third kappa shape index (κ3) is 5.48. The molecule has 0 saturated carbocycles. The summed E-state index contributed by atoms with van der Waals surface area (Å²) in [6.45, 7) is 0.939. The van der Waals surface area contributed by atoms with Gasteiger partial charge in [0.25, 0.3) is 0 Å². The van der Waals surface area contributed by atoms with Gasteiger partial charge in [0.2, 0.25) is 5.79 Å². The third-order valence-corrected chi connectivity index (χ3v) is 6.78. The molecule has 0 radical (unpaired) electrons. The van der Waals surface area contributed by atoms with Crippen molar-refractivity contribution in [3.05, 3.63) is 108 Å². The summed E-state index contributed by atoms with van der Waals surface area (Å²) < 4.78 is 25.2. The minimum atomic E-state index is -1.88. The van der Waals surface area contributed by atoms with E-state index in [9.17, 15) is 10.2 Å². The van der Waals surface area contributed by atoms with Crippen molar-refractivity contribution in [2.24, 2.45) is 0 Å². The molecule has 5 rings (SSSR count). The Morgan fingerprint density at radius 1 is 0.657 bits per heavy atom. The van der Waals surface area contributed by atoms with Gasteiger partial charge < -0.3 is 29.2 Å². The number of hydrogen-bond acceptors (Lipinski definition) is 6. The fourth-order valence-electron chi connectivity index (χ4n) is 4.91. The first-order valence-corrected chi connectivity index (χ1v) is 12.2. The topological polar surface area (TPSA) is 77.4 Å². The first kappa shape index (κ1) is 24.1. The second-order valence-electron chi connectivity index (χ2n) is 9.24. The fraction of sp³-hybridized carbons (Fsp3) is 0.379. The van der Waals surface area contributed by atoms with Crippen LogP contribution < -0.4 is 0 Å². The number of aliphatic hydroxyl groups excluding tert-OH is 1. The molecule has 35 heavy (non-hydrogen) atoms. The number of hydrogen-bond donors (Lipinski definition) is 2. The standard InChI is InChI=1S/C29H32O6/c30-25-17-16-24-26(32-18-21-10-4-1-5-11-21)27(33-19-22-12-6-2-7-13-22)28(29(25,31)35-24)34-20-23-14-8-3-9-15-23/h1-15,24-28,30-31H,16-20H2/t24-,25+,26+,27-,28+,29+/m0/s1. The predicted molar refractivity (Wildman–Crippen MR) is 130 cm³/mol. The summed E-state index contributed by atoms with van der Waals surface area (Å²) in [6, 6.07) is 29.5. The Morgan fingerprint density at radius 3 is 1.63 bits per heavy atom. The largest absolute Gasteiger partial charge is 0.387 e.